The van der Waals surface area contributed by atoms with Crippen molar-refractivity contribution in [1.82, 2.24) is 9.80 Å². The summed E-state index contributed by atoms with van der Waals surface area (Å²) in [4.78, 5) is 26.8. The number of likely N-dealkylation sites (tertiary alicyclic amines) is 1. The molecule has 0 radical (unpaired) electrons. The largest absolute Gasteiger partial charge is 0.481 e. The van der Waals surface area contributed by atoms with Gasteiger partial charge in [-0.3, -0.25) is 4.79 Å². The van der Waals surface area contributed by atoms with Crippen molar-refractivity contribution in [1.29, 1.82) is 0 Å². The van der Waals surface area contributed by atoms with Gasteiger partial charge in [-0.2, -0.15) is 0 Å². The zero-order chi connectivity index (χ0) is 14.7. The molecule has 0 spiro atoms. The van der Waals surface area contributed by atoms with Crippen LogP contribution in [0.25, 0.3) is 0 Å². The third-order valence-corrected chi connectivity index (χ3v) is 3.78. The SMILES string of the molecule is CCN(Cc1ccco1)C(=O)N1C[C@@H](C)[C@H](C(=O)O)C1. The second-order valence-electron chi connectivity index (χ2n) is 5.20. The summed E-state index contributed by atoms with van der Waals surface area (Å²) in [7, 11) is 0. The zero-order valence-corrected chi connectivity index (χ0v) is 11.8. The molecule has 0 aliphatic carbocycles. The summed E-state index contributed by atoms with van der Waals surface area (Å²) in [5.74, 6) is -0.593. The summed E-state index contributed by atoms with van der Waals surface area (Å²) in [6.07, 6.45) is 1.58. The molecule has 0 saturated carbocycles. The molecule has 0 unspecified atom stereocenters. The predicted octanol–water partition coefficient (Wildman–Crippen LogP) is 1.87. The fourth-order valence-corrected chi connectivity index (χ4v) is 2.55. The average molecular weight is 280 g/mol. The Bertz CT molecular complexity index is 472. The summed E-state index contributed by atoms with van der Waals surface area (Å²) in [5.41, 5.74) is 0. The molecule has 110 valence electrons. The van der Waals surface area contributed by atoms with E-state index in [-0.39, 0.29) is 18.5 Å². The second-order valence-corrected chi connectivity index (χ2v) is 5.20. The van der Waals surface area contributed by atoms with E-state index in [0.717, 1.165) is 5.76 Å². The molecule has 20 heavy (non-hydrogen) atoms. The quantitative estimate of drug-likeness (QED) is 0.913. The average Bonchev–Trinajstić information content (AvgIpc) is 3.04. The molecule has 2 rings (SSSR count). The molecule has 1 fully saturated rings. The van der Waals surface area contributed by atoms with Crippen molar-refractivity contribution in [2.45, 2.75) is 20.4 Å². The third kappa shape index (κ3) is 2.95. The molecule has 0 aromatic carbocycles. The van der Waals surface area contributed by atoms with E-state index in [0.29, 0.717) is 19.6 Å². The van der Waals surface area contributed by atoms with Crippen LogP contribution >= 0.6 is 0 Å². The number of carboxylic acid groups (broad SMARTS) is 1. The van der Waals surface area contributed by atoms with Gasteiger partial charge in [0.25, 0.3) is 0 Å². The Labute approximate surface area is 118 Å². The standard InChI is InChI=1S/C14H20N2O4/c1-3-15(8-11-5-4-6-20-11)14(19)16-7-10(2)12(9-16)13(17)18/h4-6,10,12H,3,7-9H2,1-2H3,(H,17,18)/t10-,12-/m1/s1. The smallest absolute Gasteiger partial charge is 0.320 e. The van der Waals surface area contributed by atoms with Gasteiger partial charge in [-0.05, 0) is 25.0 Å². The second kappa shape index (κ2) is 5.98. The van der Waals surface area contributed by atoms with Crippen LogP contribution in [0.15, 0.2) is 22.8 Å². The summed E-state index contributed by atoms with van der Waals surface area (Å²) in [6.45, 7) is 5.51. The highest BCUT2D eigenvalue weighted by atomic mass is 16.4. The lowest BCUT2D eigenvalue weighted by Crippen LogP contribution is -2.42. The fourth-order valence-electron chi connectivity index (χ4n) is 2.55. The third-order valence-electron chi connectivity index (χ3n) is 3.78. The lowest BCUT2D eigenvalue weighted by molar-refractivity contribution is -0.142. The van der Waals surface area contributed by atoms with Crippen LogP contribution < -0.4 is 0 Å². The monoisotopic (exact) mass is 280 g/mol. The minimum absolute atomic E-state index is 0.0150. The van der Waals surface area contributed by atoms with Crippen LogP contribution in [0.4, 0.5) is 4.79 Å². The maximum Gasteiger partial charge on any atom is 0.320 e. The van der Waals surface area contributed by atoms with Gasteiger partial charge in [0.2, 0.25) is 0 Å². The first-order valence-corrected chi connectivity index (χ1v) is 6.82. The predicted molar refractivity (Wildman–Crippen MR) is 72.1 cm³/mol. The molecule has 1 saturated heterocycles. The number of carbonyl (C=O) groups excluding carboxylic acids is 1. The maximum atomic E-state index is 12.4. The molecular weight excluding hydrogens is 260 g/mol. The number of urea groups is 1. The van der Waals surface area contributed by atoms with Gasteiger partial charge in [-0.15, -0.1) is 0 Å². The molecule has 2 amide bonds. The highest BCUT2D eigenvalue weighted by Gasteiger charge is 2.38. The van der Waals surface area contributed by atoms with Crippen LogP contribution in [0.5, 0.6) is 0 Å². The topological polar surface area (TPSA) is 74.0 Å². The molecule has 2 heterocycles. The van der Waals surface area contributed by atoms with E-state index in [2.05, 4.69) is 0 Å². The summed E-state index contributed by atoms with van der Waals surface area (Å²) in [6, 6.07) is 3.48. The van der Waals surface area contributed by atoms with Crippen molar-refractivity contribution in [3.8, 4) is 0 Å². The number of nitrogens with zero attached hydrogens (tertiary/aromatic N) is 2. The molecule has 1 aliphatic rings. The first-order chi connectivity index (χ1) is 9.52. The molecule has 6 heteroatoms. The van der Waals surface area contributed by atoms with E-state index >= 15 is 0 Å². The van der Waals surface area contributed by atoms with Gasteiger partial charge in [0.05, 0.1) is 18.7 Å². The van der Waals surface area contributed by atoms with Crippen molar-refractivity contribution in [2.24, 2.45) is 11.8 Å². The number of aliphatic carboxylic acids is 1. The minimum atomic E-state index is -0.832. The molecule has 2 atom stereocenters. The Morgan fingerprint density at radius 1 is 1.50 bits per heavy atom. The Hall–Kier alpha value is -1.98. The van der Waals surface area contributed by atoms with E-state index in [1.165, 1.54) is 0 Å². The molecule has 1 aromatic heterocycles. The number of furan rings is 1. The van der Waals surface area contributed by atoms with Crippen LogP contribution in [-0.4, -0.2) is 46.5 Å². The van der Waals surface area contributed by atoms with Crippen molar-refractivity contribution in [3.63, 3.8) is 0 Å². The van der Waals surface area contributed by atoms with Crippen molar-refractivity contribution in [3.05, 3.63) is 24.2 Å². The van der Waals surface area contributed by atoms with E-state index < -0.39 is 11.9 Å². The maximum absolute atomic E-state index is 12.4. The van der Waals surface area contributed by atoms with Crippen LogP contribution in [0, 0.1) is 11.8 Å². The normalized spacial score (nSPS) is 22.0. The van der Waals surface area contributed by atoms with Crippen LogP contribution in [0.2, 0.25) is 0 Å². The van der Waals surface area contributed by atoms with E-state index in [1.54, 1.807) is 22.1 Å². The number of carboxylic acids is 1. The highest BCUT2D eigenvalue weighted by molar-refractivity contribution is 5.77. The Morgan fingerprint density at radius 2 is 2.25 bits per heavy atom. The molecule has 6 nitrogen and oxygen atoms in total. The van der Waals surface area contributed by atoms with Gasteiger partial charge in [-0.25, -0.2) is 4.79 Å². The zero-order valence-electron chi connectivity index (χ0n) is 11.8. The highest BCUT2D eigenvalue weighted by Crippen LogP contribution is 2.24. The molecule has 1 aromatic rings. The van der Waals surface area contributed by atoms with Gasteiger partial charge in [0.15, 0.2) is 0 Å². The van der Waals surface area contributed by atoms with Crippen molar-refractivity contribution < 1.29 is 19.1 Å². The van der Waals surface area contributed by atoms with Gasteiger partial charge in [-0.1, -0.05) is 6.92 Å². The Kier molecular flexibility index (Phi) is 4.32. The van der Waals surface area contributed by atoms with Crippen molar-refractivity contribution in [2.75, 3.05) is 19.6 Å². The number of rotatable bonds is 4. The Morgan fingerprint density at radius 3 is 2.75 bits per heavy atom. The molecule has 0 bridgehead atoms. The van der Waals surface area contributed by atoms with Gasteiger partial charge < -0.3 is 19.3 Å². The van der Waals surface area contributed by atoms with Crippen LogP contribution in [0.1, 0.15) is 19.6 Å². The van der Waals surface area contributed by atoms with Crippen molar-refractivity contribution >= 4 is 12.0 Å². The van der Waals surface area contributed by atoms with Gasteiger partial charge in [0, 0.05) is 19.6 Å². The number of amides is 2. The van der Waals surface area contributed by atoms with Crippen LogP contribution in [0.3, 0.4) is 0 Å². The molecule has 1 N–H and O–H groups in total. The molecular formula is C14H20N2O4. The van der Waals surface area contributed by atoms with E-state index in [4.69, 9.17) is 9.52 Å². The lowest BCUT2D eigenvalue weighted by atomic mass is 9.99. The van der Waals surface area contributed by atoms with Gasteiger partial charge >= 0.3 is 12.0 Å². The molecule has 1 aliphatic heterocycles. The number of hydrogen-bond acceptors (Lipinski definition) is 3. The summed E-state index contributed by atoms with van der Waals surface area (Å²) >= 11 is 0. The number of carbonyl (C=O) groups is 2. The Balaban J connectivity index is 2.01. The minimum Gasteiger partial charge on any atom is -0.481 e. The fraction of sp³-hybridized carbons (Fsp3) is 0.571. The van der Waals surface area contributed by atoms with Crippen LogP contribution in [-0.2, 0) is 11.3 Å². The van der Waals surface area contributed by atoms with E-state index in [1.807, 2.05) is 19.9 Å². The first kappa shape index (κ1) is 14.4. The lowest BCUT2D eigenvalue weighted by Gasteiger charge is -2.26. The first-order valence-electron chi connectivity index (χ1n) is 6.82. The van der Waals surface area contributed by atoms with E-state index in [9.17, 15) is 9.59 Å². The van der Waals surface area contributed by atoms with Gasteiger partial charge in [0.1, 0.15) is 5.76 Å². The number of hydrogen-bond donors (Lipinski definition) is 1. The summed E-state index contributed by atoms with van der Waals surface area (Å²) < 4.78 is 5.25. The summed E-state index contributed by atoms with van der Waals surface area (Å²) in [5, 5.41) is 9.12.